The summed E-state index contributed by atoms with van der Waals surface area (Å²) in [6.45, 7) is 14.0. The molecule has 0 aliphatic carbocycles. The Labute approximate surface area is 85.3 Å². The molecule has 0 spiro atoms. The molecule has 0 aliphatic rings. The van der Waals surface area contributed by atoms with Gasteiger partial charge < -0.3 is 11.1 Å². The number of hydrogen-bond donors (Lipinski definition) is 2. The van der Waals surface area contributed by atoms with Crippen molar-refractivity contribution in [1.82, 2.24) is 5.32 Å². The van der Waals surface area contributed by atoms with Crippen molar-refractivity contribution in [1.29, 1.82) is 0 Å². The molecule has 0 unspecified atom stereocenters. The summed E-state index contributed by atoms with van der Waals surface area (Å²) >= 11 is 0. The zero-order valence-electron chi connectivity index (χ0n) is 10.6. The lowest BCUT2D eigenvalue weighted by Gasteiger charge is -2.08. The van der Waals surface area contributed by atoms with Crippen LogP contribution in [0.2, 0.25) is 0 Å². The summed E-state index contributed by atoms with van der Waals surface area (Å²) in [7, 11) is 1.50. The van der Waals surface area contributed by atoms with Crippen LogP contribution < -0.4 is 11.1 Å². The molecular formula is C11H30N2. The first-order valence-corrected chi connectivity index (χ1v) is 5.44. The standard InChI is InChI=1S/C8H19N.C2H6.CH5N/c1-7(2)5-6-9-8(3)4;2*1-2/h7-9H,5-6H2,1-4H3;1-2H3;2H2,1H3. The third kappa shape index (κ3) is 33.5. The average Bonchev–Trinajstić information content (AvgIpc) is 2.10. The lowest BCUT2D eigenvalue weighted by molar-refractivity contribution is 0.504. The molecule has 0 saturated heterocycles. The maximum absolute atomic E-state index is 4.50. The summed E-state index contributed by atoms with van der Waals surface area (Å²) in [5.41, 5.74) is 4.50. The lowest BCUT2D eigenvalue weighted by Crippen LogP contribution is -2.24. The summed E-state index contributed by atoms with van der Waals surface area (Å²) in [6.07, 6.45) is 1.29. The van der Waals surface area contributed by atoms with Crippen LogP contribution in [0, 0.1) is 5.92 Å². The molecule has 0 heterocycles. The zero-order valence-corrected chi connectivity index (χ0v) is 10.6. The Kier molecular flexibility index (Phi) is 25.6. The highest BCUT2D eigenvalue weighted by Crippen LogP contribution is 1.96. The molecule has 3 N–H and O–H groups in total. The molecule has 0 aromatic carbocycles. The zero-order chi connectivity index (χ0) is 11.3. The molecule has 0 radical (unpaired) electrons. The average molecular weight is 190 g/mol. The topological polar surface area (TPSA) is 38.0 Å². The van der Waals surface area contributed by atoms with Gasteiger partial charge in [0.25, 0.3) is 0 Å². The van der Waals surface area contributed by atoms with Crippen LogP contribution in [0.15, 0.2) is 0 Å². The number of nitrogens with one attached hydrogen (secondary N) is 1. The maximum Gasteiger partial charge on any atom is 0.00103 e. The third-order valence-corrected chi connectivity index (χ3v) is 1.27. The minimum absolute atomic E-state index is 0.642. The fourth-order valence-electron chi connectivity index (χ4n) is 0.661. The lowest BCUT2D eigenvalue weighted by atomic mass is 10.1. The van der Waals surface area contributed by atoms with Crippen LogP contribution in [-0.4, -0.2) is 19.6 Å². The normalized spacial score (nSPS) is 8.77. The smallest absolute Gasteiger partial charge is 0.00103 e. The van der Waals surface area contributed by atoms with E-state index in [0.29, 0.717) is 6.04 Å². The van der Waals surface area contributed by atoms with Crippen molar-refractivity contribution in [2.45, 2.75) is 54.0 Å². The molecule has 0 aliphatic heterocycles. The van der Waals surface area contributed by atoms with Gasteiger partial charge in [0, 0.05) is 6.04 Å². The summed E-state index contributed by atoms with van der Waals surface area (Å²) < 4.78 is 0. The van der Waals surface area contributed by atoms with Crippen molar-refractivity contribution in [3.05, 3.63) is 0 Å². The van der Waals surface area contributed by atoms with E-state index in [2.05, 4.69) is 38.7 Å². The van der Waals surface area contributed by atoms with Crippen molar-refractivity contribution in [2.75, 3.05) is 13.6 Å². The van der Waals surface area contributed by atoms with Crippen LogP contribution in [0.5, 0.6) is 0 Å². The van der Waals surface area contributed by atoms with Gasteiger partial charge in [-0.25, -0.2) is 0 Å². The van der Waals surface area contributed by atoms with E-state index < -0.39 is 0 Å². The first-order chi connectivity index (χ1) is 6.13. The van der Waals surface area contributed by atoms with Crippen molar-refractivity contribution in [2.24, 2.45) is 11.7 Å². The maximum atomic E-state index is 4.50. The summed E-state index contributed by atoms with van der Waals surface area (Å²) in [6, 6.07) is 0.642. The summed E-state index contributed by atoms with van der Waals surface area (Å²) in [5, 5.41) is 3.38. The molecule has 0 atom stereocenters. The van der Waals surface area contributed by atoms with Crippen molar-refractivity contribution in [3.63, 3.8) is 0 Å². The molecule has 2 nitrogen and oxygen atoms in total. The second kappa shape index (κ2) is 17.9. The van der Waals surface area contributed by atoms with Crippen LogP contribution in [0.1, 0.15) is 48.0 Å². The summed E-state index contributed by atoms with van der Waals surface area (Å²) in [5.74, 6) is 0.830. The predicted octanol–water partition coefficient (Wildman–Crippen LogP) is 2.63. The van der Waals surface area contributed by atoms with Gasteiger partial charge in [-0.2, -0.15) is 0 Å². The highest BCUT2D eigenvalue weighted by Gasteiger charge is 1.93. The van der Waals surface area contributed by atoms with E-state index in [1.165, 1.54) is 13.5 Å². The Morgan fingerprint density at radius 3 is 1.62 bits per heavy atom. The van der Waals surface area contributed by atoms with E-state index in [0.717, 1.165) is 12.5 Å². The molecule has 0 fully saturated rings. The van der Waals surface area contributed by atoms with Crippen LogP contribution in [0.25, 0.3) is 0 Å². The van der Waals surface area contributed by atoms with E-state index in [1.807, 2.05) is 13.8 Å². The Bertz CT molecular complexity index is 53.1. The van der Waals surface area contributed by atoms with E-state index in [4.69, 9.17) is 0 Å². The van der Waals surface area contributed by atoms with Gasteiger partial charge in [0.2, 0.25) is 0 Å². The predicted molar refractivity (Wildman–Crippen MR) is 64.1 cm³/mol. The summed E-state index contributed by atoms with van der Waals surface area (Å²) in [4.78, 5) is 0. The van der Waals surface area contributed by atoms with Gasteiger partial charge in [-0.05, 0) is 25.9 Å². The van der Waals surface area contributed by atoms with Gasteiger partial charge in [-0.1, -0.05) is 41.5 Å². The SMILES string of the molecule is CC.CC(C)CCNC(C)C.CN. The minimum atomic E-state index is 0.642. The Morgan fingerprint density at radius 2 is 1.38 bits per heavy atom. The van der Waals surface area contributed by atoms with Crippen molar-refractivity contribution >= 4 is 0 Å². The number of nitrogens with two attached hydrogens (primary N) is 1. The first kappa shape index (κ1) is 18.7. The van der Waals surface area contributed by atoms with Crippen LogP contribution >= 0.6 is 0 Å². The fourth-order valence-corrected chi connectivity index (χ4v) is 0.661. The molecule has 0 aromatic rings. The van der Waals surface area contributed by atoms with Gasteiger partial charge in [-0.15, -0.1) is 0 Å². The molecule has 0 bridgehead atoms. The van der Waals surface area contributed by atoms with E-state index in [1.54, 1.807) is 0 Å². The Hall–Kier alpha value is -0.0800. The van der Waals surface area contributed by atoms with Crippen LogP contribution in [0.4, 0.5) is 0 Å². The highest BCUT2D eigenvalue weighted by molar-refractivity contribution is 4.53. The quantitative estimate of drug-likeness (QED) is 0.715. The van der Waals surface area contributed by atoms with Gasteiger partial charge >= 0.3 is 0 Å². The third-order valence-electron chi connectivity index (χ3n) is 1.27. The van der Waals surface area contributed by atoms with Crippen LogP contribution in [-0.2, 0) is 0 Å². The molecule has 13 heavy (non-hydrogen) atoms. The number of hydrogen-bond acceptors (Lipinski definition) is 2. The van der Waals surface area contributed by atoms with Crippen molar-refractivity contribution in [3.8, 4) is 0 Å². The number of rotatable bonds is 4. The van der Waals surface area contributed by atoms with E-state index >= 15 is 0 Å². The molecule has 0 saturated carbocycles. The van der Waals surface area contributed by atoms with Gasteiger partial charge in [-0.3, -0.25) is 0 Å². The van der Waals surface area contributed by atoms with Gasteiger partial charge in [0.05, 0.1) is 0 Å². The molecular weight excluding hydrogens is 160 g/mol. The first-order valence-electron chi connectivity index (χ1n) is 5.44. The van der Waals surface area contributed by atoms with E-state index in [9.17, 15) is 0 Å². The second-order valence-electron chi connectivity index (χ2n) is 3.29. The minimum Gasteiger partial charge on any atom is -0.333 e. The largest absolute Gasteiger partial charge is 0.333 e. The highest BCUT2D eigenvalue weighted by atomic mass is 14.9. The fraction of sp³-hybridized carbons (Fsp3) is 1.00. The molecule has 0 aromatic heterocycles. The molecule has 0 rings (SSSR count). The Morgan fingerprint density at radius 1 is 1.00 bits per heavy atom. The van der Waals surface area contributed by atoms with Crippen molar-refractivity contribution < 1.29 is 0 Å². The monoisotopic (exact) mass is 190 g/mol. The van der Waals surface area contributed by atoms with Crippen LogP contribution in [0.3, 0.4) is 0 Å². The Balaban J connectivity index is -0.000000218. The molecule has 0 amide bonds. The molecule has 2 heteroatoms. The van der Waals surface area contributed by atoms with E-state index in [-0.39, 0.29) is 0 Å². The van der Waals surface area contributed by atoms with Gasteiger partial charge in [0.1, 0.15) is 0 Å². The van der Waals surface area contributed by atoms with Gasteiger partial charge in [0.15, 0.2) is 0 Å². The molecule has 84 valence electrons. The second-order valence-corrected chi connectivity index (χ2v) is 3.29.